The van der Waals surface area contributed by atoms with E-state index in [4.69, 9.17) is 4.74 Å². The smallest absolute Gasteiger partial charge is 0.330 e. The summed E-state index contributed by atoms with van der Waals surface area (Å²) in [4.78, 5) is 11.1. The summed E-state index contributed by atoms with van der Waals surface area (Å²) in [7, 11) is 0. The molecular formula is C19H30BaO3S. The number of carbonyl (C=O) groups is 1. The molecule has 2 radical (unpaired) electrons. The normalized spacial score (nSPS) is 26.6. The molecule has 0 amide bonds. The first-order chi connectivity index (χ1) is 11.1. The maximum absolute atomic E-state index is 12.1. The molecule has 1 saturated heterocycles. The van der Waals surface area contributed by atoms with E-state index in [0.29, 0.717) is 6.61 Å². The zero-order chi connectivity index (χ0) is 16.6. The van der Waals surface area contributed by atoms with Crippen molar-refractivity contribution in [2.75, 3.05) is 6.61 Å². The van der Waals surface area contributed by atoms with E-state index < -0.39 is 9.68 Å². The topological polar surface area (TPSA) is 46.5 Å². The van der Waals surface area contributed by atoms with Crippen LogP contribution in [0.5, 0.6) is 0 Å². The van der Waals surface area contributed by atoms with Crippen molar-refractivity contribution < 1.29 is 14.6 Å². The summed E-state index contributed by atoms with van der Waals surface area (Å²) in [6.07, 6.45) is 19.6. The third kappa shape index (κ3) is 6.22. The van der Waals surface area contributed by atoms with Crippen LogP contribution in [-0.2, 0) is 9.53 Å². The molecule has 3 nitrogen and oxygen atoms in total. The molecule has 0 aromatic heterocycles. The first-order valence-electron chi connectivity index (χ1n) is 9.11. The van der Waals surface area contributed by atoms with Crippen LogP contribution >= 0.6 is 11.8 Å². The molecule has 2 rings (SSSR count). The van der Waals surface area contributed by atoms with Gasteiger partial charge in [0.1, 0.15) is 0 Å². The second-order valence-corrected chi connectivity index (χ2v) is 8.04. The molecule has 2 atom stereocenters. The third-order valence-corrected chi connectivity index (χ3v) is 6.11. The SMILES string of the molecule is CCCCCCCCCCCCOC(=O)C12C=CC=CC1(O)S2.[Ba]. The minimum absolute atomic E-state index is 0. The predicted molar refractivity (Wildman–Crippen MR) is 102 cm³/mol. The molecule has 1 aliphatic carbocycles. The summed E-state index contributed by atoms with van der Waals surface area (Å²) in [5.74, 6) is -0.304. The van der Waals surface area contributed by atoms with Crippen molar-refractivity contribution in [2.45, 2.75) is 80.8 Å². The number of hydrogen-bond donors (Lipinski definition) is 1. The summed E-state index contributed by atoms with van der Waals surface area (Å²) in [6, 6.07) is 0. The fourth-order valence-corrected chi connectivity index (χ4v) is 4.12. The fourth-order valence-electron chi connectivity index (χ4n) is 3.03. The number of rotatable bonds is 12. The number of aliphatic hydroxyl groups is 1. The van der Waals surface area contributed by atoms with Crippen LogP contribution in [0, 0.1) is 0 Å². The molecule has 1 aliphatic heterocycles. The summed E-state index contributed by atoms with van der Waals surface area (Å²) < 4.78 is 4.48. The Bertz CT molecular complexity index is 452. The van der Waals surface area contributed by atoms with Crippen molar-refractivity contribution in [1.82, 2.24) is 0 Å². The van der Waals surface area contributed by atoms with Gasteiger partial charge in [0.05, 0.1) is 6.61 Å². The standard InChI is InChI=1S/C19H30O3S.Ba/c1-2-3-4-5-6-7-8-9-10-13-16-22-17(20)18-14-11-12-15-19(18,21)23-18;/h11-12,14-15,21H,2-10,13,16H2,1H3;. The average molecular weight is 476 g/mol. The number of carbonyl (C=O) groups excluding carboxylic acids is 1. The van der Waals surface area contributed by atoms with Gasteiger partial charge in [-0.25, -0.2) is 0 Å². The van der Waals surface area contributed by atoms with E-state index in [1.54, 1.807) is 24.3 Å². The minimum Gasteiger partial charge on any atom is -0.464 e. The van der Waals surface area contributed by atoms with Crippen LogP contribution in [0.4, 0.5) is 0 Å². The molecule has 1 heterocycles. The van der Waals surface area contributed by atoms with Crippen LogP contribution in [0.15, 0.2) is 24.3 Å². The molecule has 2 unspecified atom stereocenters. The van der Waals surface area contributed by atoms with E-state index in [-0.39, 0.29) is 54.9 Å². The van der Waals surface area contributed by atoms with Crippen LogP contribution in [0.1, 0.15) is 71.1 Å². The number of hydrogen-bond acceptors (Lipinski definition) is 4. The van der Waals surface area contributed by atoms with Gasteiger partial charge in [-0.3, -0.25) is 4.79 Å². The van der Waals surface area contributed by atoms with Crippen LogP contribution in [0.25, 0.3) is 0 Å². The van der Waals surface area contributed by atoms with Gasteiger partial charge in [-0.2, -0.15) is 0 Å². The van der Waals surface area contributed by atoms with Crippen LogP contribution < -0.4 is 0 Å². The first kappa shape index (κ1) is 22.9. The van der Waals surface area contributed by atoms with E-state index in [2.05, 4.69) is 6.92 Å². The first-order valence-corrected chi connectivity index (χ1v) is 9.93. The van der Waals surface area contributed by atoms with Crippen LogP contribution in [0.3, 0.4) is 0 Å². The Kier molecular flexibility index (Phi) is 11.0. The zero-order valence-electron chi connectivity index (χ0n) is 15.0. The number of fused-ring (bicyclic) bond motifs is 1. The Morgan fingerprint density at radius 1 is 0.958 bits per heavy atom. The molecule has 2 aliphatic rings. The molecule has 0 bridgehead atoms. The molecule has 1 fully saturated rings. The molecule has 0 spiro atoms. The Labute approximate surface area is 191 Å². The largest absolute Gasteiger partial charge is 0.464 e. The van der Waals surface area contributed by atoms with Crippen molar-refractivity contribution in [3.05, 3.63) is 24.3 Å². The molecule has 24 heavy (non-hydrogen) atoms. The minimum atomic E-state index is -1.07. The van der Waals surface area contributed by atoms with Crippen molar-refractivity contribution in [3.63, 3.8) is 0 Å². The van der Waals surface area contributed by atoms with Gasteiger partial charge in [0.2, 0.25) is 0 Å². The van der Waals surface area contributed by atoms with Gasteiger partial charge in [-0.05, 0) is 12.5 Å². The number of unbranched alkanes of at least 4 members (excludes halogenated alkanes) is 9. The van der Waals surface area contributed by atoms with E-state index in [1.807, 2.05) is 0 Å². The van der Waals surface area contributed by atoms with Gasteiger partial charge in [0.15, 0.2) is 9.68 Å². The van der Waals surface area contributed by atoms with E-state index >= 15 is 0 Å². The van der Waals surface area contributed by atoms with Gasteiger partial charge in [-0.15, -0.1) is 0 Å². The molecule has 5 heteroatoms. The van der Waals surface area contributed by atoms with Crippen molar-refractivity contribution in [1.29, 1.82) is 0 Å². The molecular weight excluding hydrogens is 446 g/mol. The van der Waals surface area contributed by atoms with E-state index in [9.17, 15) is 9.90 Å². The molecule has 0 aromatic rings. The molecule has 132 valence electrons. The van der Waals surface area contributed by atoms with Crippen LogP contribution in [0.2, 0.25) is 0 Å². The summed E-state index contributed by atoms with van der Waals surface area (Å²) >= 11 is 1.25. The maximum atomic E-state index is 12.1. The number of thioether (sulfide) groups is 1. The summed E-state index contributed by atoms with van der Waals surface area (Å²) in [5, 5.41) is 10.2. The Morgan fingerprint density at radius 3 is 2.08 bits per heavy atom. The monoisotopic (exact) mass is 476 g/mol. The summed E-state index contributed by atoms with van der Waals surface area (Å²) in [5.41, 5.74) is 0. The molecule has 1 N–H and O–H groups in total. The zero-order valence-corrected chi connectivity index (χ0v) is 20.2. The van der Waals surface area contributed by atoms with Gasteiger partial charge in [0, 0.05) is 48.9 Å². The van der Waals surface area contributed by atoms with Crippen LogP contribution in [-0.4, -0.2) is 76.2 Å². The van der Waals surface area contributed by atoms with E-state index in [1.165, 1.54) is 63.1 Å². The Balaban J connectivity index is 0.00000288. The Morgan fingerprint density at radius 2 is 1.50 bits per heavy atom. The summed E-state index contributed by atoms with van der Waals surface area (Å²) in [6.45, 7) is 2.71. The number of ether oxygens (including phenoxy) is 1. The second-order valence-electron chi connectivity index (χ2n) is 6.57. The predicted octanol–water partition coefficient (Wildman–Crippen LogP) is 4.37. The number of esters is 1. The third-order valence-electron chi connectivity index (χ3n) is 4.61. The molecule has 0 saturated carbocycles. The van der Waals surface area contributed by atoms with Gasteiger partial charge in [-0.1, -0.05) is 94.7 Å². The van der Waals surface area contributed by atoms with Crippen molar-refractivity contribution in [3.8, 4) is 0 Å². The average Bonchev–Trinajstić information content (AvgIpc) is 3.20. The van der Waals surface area contributed by atoms with Crippen molar-refractivity contribution >= 4 is 66.6 Å². The van der Waals surface area contributed by atoms with Gasteiger partial charge < -0.3 is 9.84 Å². The maximum Gasteiger partial charge on any atom is 0.330 e. The van der Waals surface area contributed by atoms with Gasteiger partial charge >= 0.3 is 5.97 Å². The quantitative estimate of drug-likeness (QED) is 0.197. The van der Waals surface area contributed by atoms with Gasteiger partial charge in [0.25, 0.3) is 0 Å². The second kappa shape index (κ2) is 11.5. The number of allylic oxidation sites excluding steroid dienone is 2. The van der Waals surface area contributed by atoms with Crippen molar-refractivity contribution in [2.24, 2.45) is 0 Å². The van der Waals surface area contributed by atoms with E-state index in [0.717, 1.165) is 12.8 Å². The molecule has 0 aromatic carbocycles. The fraction of sp³-hybridized carbons (Fsp3) is 0.737. The Hall–Kier alpha value is 0.831.